The van der Waals surface area contributed by atoms with E-state index in [9.17, 15) is 28.3 Å². The van der Waals surface area contributed by atoms with Gasteiger partial charge < -0.3 is 19.6 Å². The van der Waals surface area contributed by atoms with Gasteiger partial charge in [-0.2, -0.15) is 0 Å². The summed E-state index contributed by atoms with van der Waals surface area (Å²) in [6.45, 7) is 1.62. The standard InChI is InChI=1S/C30H37F3N4O4/c1-36(2)26-18-34-25-7-6-20(41-3)17-22(25)28(26)27(38)8-9-30(29(39)35-40)10-13-37(14-11-30)12-4-5-21-23(32)15-19(31)16-24(21)33/h6-7,15-18,27,38,40H,4-5,8-14H2,1-3H3,(H,35,39)/t27-/m1/s1. The van der Waals surface area contributed by atoms with Crippen LogP contribution in [0.4, 0.5) is 18.9 Å². The number of halogens is 3. The molecule has 0 spiro atoms. The number of nitrogens with one attached hydrogen (secondary N) is 1. The maximum Gasteiger partial charge on any atom is 0.249 e. The highest BCUT2D eigenvalue weighted by Crippen LogP contribution is 2.41. The molecule has 1 amide bonds. The Morgan fingerprint density at radius 1 is 1.17 bits per heavy atom. The summed E-state index contributed by atoms with van der Waals surface area (Å²) in [4.78, 5) is 21.4. The van der Waals surface area contributed by atoms with Gasteiger partial charge in [0.1, 0.15) is 23.2 Å². The molecule has 0 bridgehead atoms. The Morgan fingerprint density at radius 2 is 1.85 bits per heavy atom. The number of hydrogen-bond donors (Lipinski definition) is 3. The highest BCUT2D eigenvalue weighted by Gasteiger charge is 2.41. The second-order valence-electron chi connectivity index (χ2n) is 10.9. The number of rotatable bonds is 11. The number of methoxy groups -OCH3 is 1. The Morgan fingerprint density at radius 3 is 2.46 bits per heavy atom. The van der Waals surface area contributed by atoms with E-state index in [1.54, 1.807) is 13.3 Å². The molecule has 2 heterocycles. The van der Waals surface area contributed by atoms with Crippen LogP contribution in [0, 0.1) is 22.9 Å². The first-order valence-electron chi connectivity index (χ1n) is 13.7. The van der Waals surface area contributed by atoms with Gasteiger partial charge in [-0.05, 0) is 76.4 Å². The fourth-order valence-electron chi connectivity index (χ4n) is 5.78. The molecule has 0 aliphatic carbocycles. The van der Waals surface area contributed by atoms with Crippen LogP contribution >= 0.6 is 0 Å². The molecule has 1 fully saturated rings. The van der Waals surface area contributed by atoms with Gasteiger partial charge in [0.15, 0.2) is 0 Å². The molecule has 8 nitrogen and oxygen atoms in total. The first-order chi connectivity index (χ1) is 19.6. The van der Waals surface area contributed by atoms with Crippen LogP contribution in [-0.2, 0) is 11.2 Å². The van der Waals surface area contributed by atoms with Crippen molar-refractivity contribution in [3.63, 3.8) is 0 Å². The number of aromatic nitrogens is 1. The number of hydroxylamine groups is 1. The number of pyridine rings is 1. The van der Waals surface area contributed by atoms with Crippen molar-refractivity contribution < 1.29 is 33.0 Å². The Labute approximate surface area is 237 Å². The van der Waals surface area contributed by atoms with E-state index >= 15 is 0 Å². The number of likely N-dealkylation sites (tertiary alicyclic amines) is 1. The summed E-state index contributed by atoms with van der Waals surface area (Å²) in [6, 6.07) is 6.85. The lowest BCUT2D eigenvalue weighted by molar-refractivity contribution is -0.143. The van der Waals surface area contributed by atoms with Gasteiger partial charge in [0.2, 0.25) is 5.91 Å². The largest absolute Gasteiger partial charge is 0.497 e. The monoisotopic (exact) mass is 574 g/mol. The SMILES string of the molecule is COc1ccc2ncc(N(C)C)c([C@H](O)CCC3(C(=O)NO)CCN(CCCc4c(F)cc(F)cc4F)CC3)c2c1. The minimum atomic E-state index is -0.946. The smallest absolute Gasteiger partial charge is 0.249 e. The maximum atomic E-state index is 14.0. The number of anilines is 1. The summed E-state index contributed by atoms with van der Waals surface area (Å²) in [5.74, 6) is -2.59. The van der Waals surface area contributed by atoms with E-state index in [4.69, 9.17) is 4.74 Å². The van der Waals surface area contributed by atoms with Crippen LogP contribution in [-0.4, -0.2) is 66.9 Å². The molecule has 0 radical (unpaired) electrons. The average Bonchev–Trinajstić information content (AvgIpc) is 2.96. The normalized spacial score (nSPS) is 16.0. The second kappa shape index (κ2) is 13.1. The van der Waals surface area contributed by atoms with Gasteiger partial charge >= 0.3 is 0 Å². The molecule has 1 aliphatic rings. The summed E-state index contributed by atoms with van der Waals surface area (Å²) in [5, 5.41) is 21.8. The van der Waals surface area contributed by atoms with E-state index in [0.29, 0.717) is 74.3 Å². The van der Waals surface area contributed by atoms with Crippen LogP contribution in [0.25, 0.3) is 10.9 Å². The van der Waals surface area contributed by atoms with Crippen LogP contribution in [0.5, 0.6) is 5.75 Å². The van der Waals surface area contributed by atoms with E-state index in [0.717, 1.165) is 11.1 Å². The molecule has 222 valence electrons. The minimum absolute atomic E-state index is 0.127. The number of aliphatic hydroxyl groups is 1. The zero-order valence-corrected chi connectivity index (χ0v) is 23.6. The summed E-state index contributed by atoms with van der Waals surface area (Å²) in [7, 11) is 5.31. The van der Waals surface area contributed by atoms with Crippen LogP contribution in [0.1, 0.15) is 49.3 Å². The topological polar surface area (TPSA) is 98.2 Å². The Hall–Kier alpha value is -3.41. The Kier molecular flexibility index (Phi) is 9.72. The quantitative estimate of drug-likeness (QED) is 0.224. The summed E-state index contributed by atoms with van der Waals surface area (Å²) < 4.78 is 46.5. The highest BCUT2D eigenvalue weighted by atomic mass is 19.1. The molecular formula is C30H37F3N4O4. The van der Waals surface area contributed by atoms with E-state index in [1.807, 2.05) is 42.7 Å². The van der Waals surface area contributed by atoms with Crippen LogP contribution in [0.3, 0.4) is 0 Å². The lowest BCUT2D eigenvalue weighted by Gasteiger charge is -2.40. The van der Waals surface area contributed by atoms with Gasteiger partial charge in [0.05, 0.1) is 36.0 Å². The van der Waals surface area contributed by atoms with E-state index in [1.165, 1.54) is 0 Å². The van der Waals surface area contributed by atoms with Gasteiger partial charge in [-0.3, -0.25) is 15.0 Å². The van der Waals surface area contributed by atoms with E-state index in [-0.39, 0.29) is 18.4 Å². The first kappa shape index (κ1) is 30.5. The number of ether oxygens (including phenoxy) is 1. The number of aliphatic hydroxyl groups excluding tert-OH is 1. The van der Waals surface area contributed by atoms with Crippen molar-refractivity contribution in [2.75, 3.05) is 45.7 Å². The van der Waals surface area contributed by atoms with Gasteiger partial charge in [-0.1, -0.05) is 0 Å². The summed E-state index contributed by atoms with van der Waals surface area (Å²) in [6.07, 6.45) is 2.88. The van der Waals surface area contributed by atoms with Gasteiger partial charge in [-0.25, -0.2) is 18.7 Å². The number of carbonyl (C=O) groups is 1. The van der Waals surface area contributed by atoms with Crippen molar-refractivity contribution in [2.45, 2.75) is 44.6 Å². The van der Waals surface area contributed by atoms with Crippen LogP contribution in [0.15, 0.2) is 36.5 Å². The molecule has 3 N–H and O–H groups in total. The fourth-order valence-corrected chi connectivity index (χ4v) is 5.78. The third kappa shape index (κ3) is 6.74. The number of benzene rings is 2. The van der Waals surface area contributed by atoms with E-state index < -0.39 is 34.9 Å². The number of amides is 1. The van der Waals surface area contributed by atoms with Crippen molar-refractivity contribution in [1.29, 1.82) is 0 Å². The predicted octanol–water partition coefficient (Wildman–Crippen LogP) is 4.76. The molecule has 0 saturated carbocycles. The summed E-state index contributed by atoms with van der Waals surface area (Å²) >= 11 is 0. The van der Waals surface area contributed by atoms with Gasteiger partial charge in [0.25, 0.3) is 0 Å². The molecule has 1 aromatic heterocycles. The Balaban J connectivity index is 1.44. The molecule has 2 aromatic carbocycles. The molecule has 41 heavy (non-hydrogen) atoms. The van der Waals surface area contributed by atoms with Gasteiger partial charge in [0, 0.05) is 42.7 Å². The van der Waals surface area contributed by atoms with E-state index in [2.05, 4.69) is 9.88 Å². The molecule has 1 atom stereocenters. The molecular weight excluding hydrogens is 537 g/mol. The number of fused-ring (bicyclic) bond motifs is 1. The number of piperidine rings is 1. The predicted molar refractivity (Wildman–Crippen MR) is 149 cm³/mol. The molecule has 4 rings (SSSR count). The Bertz CT molecular complexity index is 1360. The van der Waals surface area contributed by atoms with Crippen molar-refractivity contribution in [3.8, 4) is 5.75 Å². The molecule has 0 unspecified atom stereocenters. The molecule has 11 heteroatoms. The van der Waals surface area contributed by atoms with Crippen molar-refractivity contribution >= 4 is 22.5 Å². The third-order valence-corrected chi connectivity index (χ3v) is 8.21. The van der Waals surface area contributed by atoms with Gasteiger partial charge in [-0.15, -0.1) is 0 Å². The van der Waals surface area contributed by atoms with Crippen molar-refractivity contribution in [2.24, 2.45) is 5.41 Å². The number of hydrogen-bond acceptors (Lipinski definition) is 7. The first-order valence-corrected chi connectivity index (χ1v) is 13.7. The lowest BCUT2D eigenvalue weighted by atomic mass is 9.73. The molecule has 1 aliphatic heterocycles. The third-order valence-electron chi connectivity index (χ3n) is 8.21. The average molecular weight is 575 g/mol. The minimum Gasteiger partial charge on any atom is -0.497 e. The van der Waals surface area contributed by atoms with Crippen LogP contribution < -0.4 is 15.1 Å². The van der Waals surface area contributed by atoms with Crippen molar-refractivity contribution in [1.82, 2.24) is 15.4 Å². The summed E-state index contributed by atoms with van der Waals surface area (Å²) in [5.41, 5.74) is 2.95. The highest BCUT2D eigenvalue weighted by molar-refractivity contribution is 5.88. The van der Waals surface area contributed by atoms with Crippen molar-refractivity contribution in [3.05, 3.63) is 65.1 Å². The van der Waals surface area contributed by atoms with Crippen LogP contribution in [0.2, 0.25) is 0 Å². The zero-order chi connectivity index (χ0) is 29.7. The zero-order valence-electron chi connectivity index (χ0n) is 23.6. The molecule has 3 aromatic rings. The number of nitrogens with zero attached hydrogens (tertiary/aromatic N) is 3. The maximum absolute atomic E-state index is 14.0. The molecule has 1 saturated heterocycles. The number of carbonyl (C=O) groups excluding carboxylic acids is 1. The second-order valence-corrected chi connectivity index (χ2v) is 10.9. The lowest BCUT2D eigenvalue weighted by Crippen LogP contribution is -2.48. The fraction of sp³-hybridized carbons (Fsp3) is 0.467.